The first-order valence-electron chi connectivity index (χ1n) is 5.29. The molecule has 2 N–H and O–H groups in total. The van der Waals surface area contributed by atoms with Crippen molar-refractivity contribution in [2.24, 2.45) is 0 Å². The van der Waals surface area contributed by atoms with Gasteiger partial charge in [0.15, 0.2) is 0 Å². The van der Waals surface area contributed by atoms with Gasteiger partial charge in [-0.3, -0.25) is 10.1 Å². The second-order valence-electron chi connectivity index (χ2n) is 3.72. The largest absolute Gasteiger partial charge is 0.381 e. The molecule has 0 aromatic rings. The Kier molecular flexibility index (Phi) is 5.16. The van der Waals surface area contributed by atoms with E-state index in [2.05, 4.69) is 16.6 Å². The third kappa shape index (κ3) is 4.82. The van der Waals surface area contributed by atoms with Gasteiger partial charge in [-0.1, -0.05) is 5.92 Å². The molecule has 4 nitrogen and oxygen atoms in total. The van der Waals surface area contributed by atoms with Crippen LogP contribution >= 0.6 is 0 Å². The van der Waals surface area contributed by atoms with Crippen molar-refractivity contribution in [1.82, 2.24) is 10.6 Å². The summed E-state index contributed by atoms with van der Waals surface area (Å²) in [5.74, 6) is 2.52. The molecule has 15 heavy (non-hydrogen) atoms. The maximum atomic E-state index is 11.4. The summed E-state index contributed by atoms with van der Waals surface area (Å²) >= 11 is 0. The molecular formula is C11H18N2O2. The number of ether oxygens (including phenoxy) is 1. The first-order valence-corrected chi connectivity index (χ1v) is 5.29. The van der Waals surface area contributed by atoms with Gasteiger partial charge in [-0.05, 0) is 19.8 Å². The zero-order valence-electron chi connectivity index (χ0n) is 9.08. The smallest absolute Gasteiger partial charge is 0.234 e. The van der Waals surface area contributed by atoms with E-state index in [9.17, 15) is 4.79 Å². The first-order chi connectivity index (χ1) is 7.22. The lowest BCUT2D eigenvalue weighted by Gasteiger charge is -2.23. The molecule has 1 saturated heterocycles. The Morgan fingerprint density at radius 1 is 1.60 bits per heavy atom. The number of terminal acetylenes is 1. The lowest BCUT2D eigenvalue weighted by molar-refractivity contribution is -0.121. The normalized spacial score (nSPS) is 19.2. The minimum absolute atomic E-state index is 0.00370. The topological polar surface area (TPSA) is 50.4 Å². The minimum atomic E-state index is -0.0644. The van der Waals surface area contributed by atoms with Crippen LogP contribution in [0.15, 0.2) is 0 Å². The molecule has 4 heteroatoms. The highest BCUT2D eigenvalue weighted by molar-refractivity contribution is 5.78. The van der Waals surface area contributed by atoms with Crippen molar-refractivity contribution in [3.05, 3.63) is 0 Å². The quantitative estimate of drug-likeness (QED) is 0.637. The summed E-state index contributed by atoms with van der Waals surface area (Å²) < 4.78 is 5.20. The average molecular weight is 210 g/mol. The van der Waals surface area contributed by atoms with Crippen molar-refractivity contribution in [3.8, 4) is 12.3 Å². The van der Waals surface area contributed by atoms with Crippen LogP contribution in [0.3, 0.4) is 0 Å². The lowest BCUT2D eigenvalue weighted by atomic mass is 10.1. The van der Waals surface area contributed by atoms with Gasteiger partial charge in [-0.15, -0.1) is 6.42 Å². The Balaban J connectivity index is 2.15. The van der Waals surface area contributed by atoms with Crippen LogP contribution in [0.4, 0.5) is 0 Å². The van der Waals surface area contributed by atoms with E-state index in [1.54, 1.807) is 0 Å². The molecule has 1 atom stereocenters. The minimum Gasteiger partial charge on any atom is -0.381 e. The maximum absolute atomic E-state index is 11.4. The third-order valence-electron chi connectivity index (χ3n) is 2.41. The van der Waals surface area contributed by atoms with E-state index >= 15 is 0 Å². The highest BCUT2D eigenvalue weighted by atomic mass is 16.5. The van der Waals surface area contributed by atoms with Gasteiger partial charge in [0.1, 0.15) is 0 Å². The van der Waals surface area contributed by atoms with Crippen LogP contribution in [0, 0.1) is 12.3 Å². The summed E-state index contributed by atoms with van der Waals surface area (Å²) in [7, 11) is 0. The molecule has 0 radical (unpaired) electrons. The summed E-state index contributed by atoms with van der Waals surface area (Å²) in [6.45, 7) is 3.60. The second kappa shape index (κ2) is 6.44. The standard InChI is InChI=1S/C11H18N2O2/c1-3-9(2)12-8-11(14)13-10-4-6-15-7-5-10/h1,9-10,12H,4-8H2,2H3,(H,13,14). The van der Waals surface area contributed by atoms with Crippen molar-refractivity contribution in [1.29, 1.82) is 0 Å². The van der Waals surface area contributed by atoms with Crippen molar-refractivity contribution >= 4 is 5.91 Å². The van der Waals surface area contributed by atoms with Crippen LogP contribution in [0.25, 0.3) is 0 Å². The lowest BCUT2D eigenvalue weighted by Crippen LogP contribution is -2.44. The molecular weight excluding hydrogens is 192 g/mol. The van der Waals surface area contributed by atoms with E-state index in [1.807, 2.05) is 6.92 Å². The van der Waals surface area contributed by atoms with Crippen molar-refractivity contribution < 1.29 is 9.53 Å². The highest BCUT2D eigenvalue weighted by Crippen LogP contribution is 2.05. The molecule has 1 fully saturated rings. The average Bonchev–Trinajstić information content (AvgIpc) is 2.27. The number of carbonyl (C=O) groups is 1. The van der Waals surface area contributed by atoms with Crippen LogP contribution in [0.1, 0.15) is 19.8 Å². The van der Waals surface area contributed by atoms with Gasteiger partial charge in [0.05, 0.1) is 12.6 Å². The van der Waals surface area contributed by atoms with Crippen molar-refractivity contribution in [3.63, 3.8) is 0 Å². The zero-order valence-corrected chi connectivity index (χ0v) is 9.08. The molecule has 1 aliphatic rings. The molecule has 1 rings (SSSR count). The molecule has 1 amide bonds. The van der Waals surface area contributed by atoms with E-state index in [4.69, 9.17) is 11.2 Å². The Morgan fingerprint density at radius 3 is 2.87 bits per heavy atom. The number of amides is 1. The molecule has 84 valence electrons. The Labute approximate surface area is 90.8 Å². The van der Waals surface area contributed by atoms with E-state index in [1.165, 1.54) is 0 Å². The Bertz CT molecular complexity index is 241. The van der Waals surface area contributed by atoms with Crippen LogP contribution in [-0.4, -0.2) is 37.7 Å². The van der Waals surface area contributed by atoms with E-state index in [0.29, 0.717) is 0 Å². The third-order valence-corrected chi connectivity index (χ3v) is 2.41. The molecule has 0 aromatic heterocycles. The molecule has 0 saturated carbocycles. The fourth-order valence-corrected chi connectivity index (χ4v) is 1.43. The van der Waals surface area contributed by atoms with Gasteiger partial charge in [0.2, 0.25) is 5.91 Å². The SMILES string of the molecule is C#CC(C)NCC(=O)NC1CCOCC1. The van der Waals surface area contributed by atoms with E-state index in [0.717, 1.165) is 26.1 Å². The Morgan fingerprint density at radius 2 is 2.27 bits per heavy atom. The Hall–Kier alpha value is -1.05. The molecule has 0 bridgehead atoms. The predicted molar refractivity (Wildman–Crippen MR) is 58.3 cm³/mol. The molecule has 1 unspecified atom stereocenters. The number of rotatable bonds is 4. The summed E-state index contributed by atoms with van der Waals surface area (Å²) in [4.78, 5) is 11.4. The molecule has 0 spiro atoms. The fourth-order valence-electron chi connectivity index (χ4n) is 1.43. The number of hydrogen-bond donors (Lipinski definition) is 2. The van der Waals surface area contributed by atoms with Gasteiger partial charge >= 0.3 is 0 Å². The van der Waals surface area contributed by atoms with Crippen molar-refractivity contribution in [2.45, 2.75) is 31.8 Å². The van der Waals surface area contributed by atoms with Gasteiger partial charge in [-0.25, -0.2) is 0 Å². The second-order valence-corrected chi connectivity index (χ2v) is 3.72. The number of nitrogens with one attached hydrogen (secondary N) is 2. The first kappa shape index (κ1) is 12.0. The molecule has 0 aliphatic carbocycles. The molecule has 1 heterocycles. The van der Waals surface area contributed by atoms with Crippen molar-refractivity contribution in [2.75, 3.05) is 19.8 Å². The molecule has 1 aliphatic heterocycles. The summed E-state index contributed by atoms with van der Waals surface area (Å²) in [5.41, 5.74) is 0. The molecule has 0 aromatic carbocycles. The predicted octanol–water partition coefficient (Wildman–Crippen LogP) is -0.107. The fraction of sp³-hybridized carbons (Fsp3) is 0.727. The van der Waals surface area contributed by atoms with Crippen LogP contribution in [0.5, 0.6) is 0 Å². The van der Waals surface area contributed by atoms with Gasteiger partial charge in [0.25, 0.3) is 0 Å². The van der Waals surface area contributed by atoms with E-state index < -0.39 is 0 Å². The van der Waals surface area contributed by atoms with Gasteiger partial charge < -0.3 is 10.1 Å². The summed E-state index contributed by atoms with van der Waals surface area (Å²) in [6, 6.07) is 0.194. The van der Waals surface area contributed by atoms with Crippen LogP contribution < -0.4 is 10.6 Å². The van der Waals surface area contributed by atoms with Gasteiger partial charge in [0, 0.05) is 19.3 Å². The number of carbonyl (C=O) groups excluding carboxylic acids is 1. The van der Waals surface area contributed by atoms with Crippen LogP contribution in [0.2, 0.25) is 0 Å². The maximum Gasteiger partial charge on any atom is 0.234 e. The summed E-state index contributed by atoms with van der Waals surface area (Å²) in [6.07, 6.45) is 6.98. The summed E-state index contributed by atoms with van der Waals surface area (Å²) in [5, 5.41) is 5.89. The van der Waals surface area contributed by atoms with Crippen LogP contribution in [-0.2, 0) is 9.53 Å². The zero-order chi connectivity index (χ0) is 11.1. The van der Waals surface area contributed by atoms with Gasteiger partial charge in [-0.2, -0.15) is 0 Å². The number of hydrogen-bond acceptors (Lipinski definition) is 3. The monoisotopic (exact) mass is 210 g/mol. The van der Waals surface area contributed by atoms with E-state index in [-0.39, 0.29) is 24.5 Å². The highest BCUT2D eigenvalue weighted by Gasteiger charge is 2.15.